The SMILES string of the molecule is Cc1cc(C)c2c(CC(=O)N[C@@H]3C[C@H]4OCC[C@@H]34)coc2c1. The van der Waals surface area contributed by atoms with Gasteiger partial charge in [0.15, 0.2) is 0 Å². The van der Waals surface area contributed by atoms with Crippen molar-refractivity contribution in [2.24, 2.45) is 5.92 Å². The fourth-order valence-electron chi connectivity index (χ4n) is 3.95. The molecule has 2 heterocycles. The largest absolute Gasteiger partial charge is 0.464 e. The van der Waals surface area contributed by atoms with Gasteiger partial charge in [0.2, 0.25) is 5.91 Å². The highest BCUT2D eigenvalue weighted by atomic mass is 16.5. The predicted octanol–water partition coefficient (Wildman–Crippen LogP) is 2.89. The Bertz CT molecular complexity index is 733. The first-order chi connectivity index (χ1) is 10.6. The van der Waals surface area contributed by atoms with Crippen LogP contribution in [-0.4, -0.2) is 24.7 Å². The van der Waals surface area contributed by atoms with E-state index in [9.17, 15) is 4.79 Å². The second-order valence-electron chi connectivity index (χ2n) is 6.66. The number of benzene rings is 1. The summed E-state index contributed by atoms with van der Waals surface area (Å²) in [5, 5.41) is 4.24. The number of ether oxygens (including phenoxy) is 1. The minimum atomic E-state index is 0.0815. The van der Waals surface area contributed by atoms with Crippen LogP contribution >= 0.6 is 0 Å². The molecule has 2 aromatic rings. The molecule has 1 aromatic carbocycles. The van der Waals surface area contributed by atoms with Gasteiger partial charge >= 0.3 is 0 Å². The average molecular weight is 299 g/mol. The van der Waals surface area contributed by atoms with Gasteiger partial charge in [-0.2, -0.15) is 0 Å². The molecule has 4 heteroatoms. The van der Waals surface area contributed by atoms with Crippen molar-refractivity contribution in [1.29, 1.82) is 0 Å². The Hall–Kier alpha value is -1.81. The number of aryl methyl sites for hydroxylation is 2. The Labute approximate surface area is 129 Å². The molecule has 1 aromatic heterocycles. The summed E-state index contributed by atoms with van der Waals surface area (Å²) in [6, 6.07) is 4.45. The van der Waals surface area contributed by atoms with Crippen LogP contribution in [0.2, 0.25) is 0 Å². The quantitative estimate of drug-likeness (QED) is 0.948. The maximum atomic E-state index is 12.3. The van der Waals surface area contributed by atoms with Gasteiger partial charge in [-0.1, -0.05) is 6.07 Å². The van der Waals surface area contributed by atoms with Crippen LogP contribution < -0.4 is 5.32 Å². The van der Waals surface area contributed by atoms with Crippen molar-refractivity contribution in [3.05, 3.63) is 35.1 Å². The molecule has 3 atom stereocenters. The maximum Gasteiger partial charge on any atom is 0.224 e. The number of furan rings is 1. The first kappa shape index (κ1) is 13.8. The molecule has 0 unspecified atom stereocenters. The molecule has 1 aliphatic carbocycles. The van der Waals surface area contributed by atoms with Crippen molar-refractivity contribution in [2.45, 2.75) is 45.3 Å². The Morgan fingerprint density at radius 1 is 1.36 bits per heavy atom. The number of rotatable bonds is 3. The number of fused-ring (bicyclic) bond motifs is 2. The van der Waals surface area contributed by atoms with E-state index in [0.29, 0.717) is 24.5 Å². The van der Waals surface area contributed by atoms with Crippen LogP contribution in [0.25, 0.3) is 11.0 Å². The van der Waals surface area contributed by atoms with Gasteiger partial charge in [0, 0.05) is 29.5 Å². The van der Waals surface area contributed by atoms with Gasteiger partial charge in [-0.25, -0.2) is 0 Å². The highest BCUT2D eigenvalue weighted by Crippen LogP contribution is 2.38. The summed E-state index contributed by atoms with van der Waals surface area (Å²) in [7, 11) is 0. The molecule has 2 fully saturated rings. The molecule has 116 valence electrons. The van der Waals surface area contributed by atoms with Crippen molar-refractivity contribution >= 4 is 16.9 Å². The van der Waals surface area contributed by atoms with Crippen LogP contribution in [0, 0.1) is 19.8 Å². The zero-order valence-electron chi connectivity index (χ0n) is 13.0. The van der Waals surface area contributed by atoms with Crippen LogP contribution in [0.1, 0.15) is 29.5 Å². The maximum absolute atomic E-state index is 12.3. The van der Waals surface area contributed by atoms with Crippen LogP contribution in [0.15, 0.2) is 22.8 Å². The Kier molecular flexibility index (Phi) is 3.22. The Morgan fingerprint density at radius 2 is 2.23 bits per heavy atom. The third-order valence-electron chi connectivity index (χ3n) is 5.05. The van der Waals surface area contributed by atoms with Gasteiger partial charge in [-0.15, -0.1) is 0 Å². The van der Waals surface area contributed by atoms with E-state index >= 15 is 0 Å². The monoisotopic (exact) mass is 299 g/mol. The summed E-state index contributed by atoms with van der Waals surface area (Å²) in [5.74, 6) is 0.604. The smallest absolute Gasteiger partial charge is 0.224 e. The van der Waals surface area contributed by atoms with Gasteiger partial charge in [0.05, 0.1) is 18.8 Å². The summed E-state index contributed by atoms with van der Waals surface area (Å²) >= 11 is 0. The normalized spacial score (nSPS) is 26.7. The molecule has 1 aliphatic heterocycles. The summed E-state index contributed by atoms with van der Waals surface area (Å²) in [4.78, 5) is 12.3. The number of carbonyl (C=O) groups excluding carboxylic acids is 1. The number of nitrogens with one attached hydrogen (secondary N) is 1. The van der Waals surface area contributed by atoms with E-state index in [-0.39, 0.29) is 5.91 Å². The Balaban J connectivity index is 1.48. The molecule has 0 spiro atoms. The summed E-state index contributed by atoms with van der Waals surface area (Å²) < 4.78 is 11.2. The Morgan fingerprint density at radius 3 is 3.05 bits per heavy atom. The van der Waals surface area contributed by atoms with Crippen molar-refractivity contribution in [1.82, 2.24) is 5.32 Å². The topological polar surface area (TPSA) is 51.5 Å². The first-order valence-electron chi connectivity index (χ1n) is 8.00. The van der Waals surface area contributed by atoms with Crippen molar-refractivity contribution in [3.63, 3.8) is 0 Å². The molecule has 0 radical (unpaired) electrons. The summed E-state index contributed by atoms with van der Waals surface area (Å²) in [6.07, 6.45) is 4.51. The number of hydrogen-bond acceptors (Lipinski definition) is 3. The van der Waals surface area contributed by atoms with Crippen LogP contribution in [0.4, 0.5) is 0 Å². The summed E-state index contributed by atoms with van der Waals surface area (Å²) in [6.45, 7) is 4.96. The molecular weight excluding hydrogens is 278 g/mol. The van der Waals surface area contributed by atoms with Crippen molar-refractivity contribution < 1.29 is 13.9 Å². The molecule has 4 nitrogen and oxygen atoms in total. The zero-order valence-corrected chi connectivity index (χ0v) is 13.0. The minimum Gasteiger partial charge on any atom is -0.464 e. The van der Waals surface area contributed by atoms with Gasteiger partial charge in [-0.05, 0) is 43.9 Å². The van der Waals surface area contributed by atoms with E-state index in [0.717, 1.165) is 36.0 Å². The predicted molar refractivity (Wildman–Crippen MR) is 83.8 cm³/mol. The third-order valence-corrected chi connectivity index (χ3v) is 5.05. The van der Waals surface area contributed by atoms with Crippen LogP contribution in [0.3, 0.4) is 0 Å². The first-order valence-corrected chi connectivity index (χ1v) is 8.00. The highest BCUT2D eigenvalue weighted by molar-refractivity contribution is 5.90. The fraction of sp³-hybridized carbons (Fsp3) is 0.500. The van der Waals surface area contributed by atoms with Crippen LogP contribution in [-0.2, 0) is 16.0 Å². The lowest BCUT2D eigenvalue weighted by atomic mass is 9.76. The van der Waals surface area contributed by atoms with Crippen molar-refractivity contribution in [2.75, 3.05) is 6.61 Å². The van der Waals surface area contributed by atoms with Crippen molar-refractivity contribution in [3.8, 4) is 0 Å². The van der Waals surface area contributed by atoms with E-state index in [1.807, 2.05) is 6.07 Å². The number of hydrogen-bond donors (Lipinski definition) is 1. The zero-order chi connectivity index (χ0) is 15.3. The fourth-order valence-corrected chi connectivity index (χ4v) is 3.95. The van der Waals surface area contributed by atoms with Gasteiger partial charge in [-0.3, -0.25) is 4.79 Å². The summed E-state index contributed by atoms with van der Waals surface area (Å²) in [5.41, 5.74) is 4.19. The molecule has 1 saturated carbocycles. The third kappa shape index (κ3) is 2.22. The number of amides is 1. The molecule has 1 N–H and O–H groups in total. The van der Waals surface area contributed by atoms with Gasteiger partial charge in [0.25, 0.3) is 0 Å². The molecule has 1 saturated heterocycles. The average Bonchev–Trinajstić information content (AvgIpc) is 3.00. The second-order valence-corrected chi connectivity index (χ2v) is 6.66. The molecule has 2 aliphatic rings. The van der Waals surface area contributed by atoms with E-state index in [1.54, 1.807) is 6.26 Å². The molecule has 22 heavy (non-hydrogen) atoms. The van der Waals surface area contributed by atoms with E-state index in [4.69, 9.17) is 9.15 Å². The lowest BCUT2D eigenvalue weighted by Crippen LogP contribution is -2.53. The molecule has 0 bridgehead atoms. The van der Waals surface area contributed by atoms with Gasteiger partial charge in [0.1, 0.15) is 5.58 Å². The van der Waals surface area contributed by atoms with E-state index in [2.05, 4.69) is 25.2 Å². The molecule has 4 rings (SSSR count). The van der Waals surface area contributed by atoms with Gasteiger partial charge < -0.3 is 14.5 Å². The minimum absolute atomic E-state index is 0.0815. The second kappa shape index (κ2) is 5.13. The lowest BCUT2D eigenvalue weighted by Gasteiger charge is -2.39. The standard InChI is InChI=1S/C18H21NO3/c1-10-5-11(2)18-12(9-22-16(18)6-10)7-17(20)19-14-8-15-13(14)3-4-21-15/h5-6,9,13-15H,3-4,7-8H2,1-2H3,(H,19,20)/t13-,14+,15+/m0/s1. The highest BCUT2D eigenvalue weighted by Gasteiger charge is 2.45. The van der Waals surface area contributed by atoms with E-state index < -0.39 is 0 Å². The molecule has 1 amide bonds. The number of carbonyl (C=O) groups is 1. The van der Waals surface area contributed by atoms with Crippen LogP contribution in [0.5, 0.6) is 0 Å². The van der Waals surface area contributed by atoms with E-state index in [1.165, 1.54) is 11.1 Å². The lowest BCUT2D eigenvalue weighted by molar-refractivity contribution is -0.123. The molecular formula is C18H21NO3.